The Balaban J connectivity index is 0.885. The number of rotatable bonds is 7. The maximum atomic E-state index is 13.8. The molecule has 11 heteroatoms. The Labute approximate surface area is 312 Å². The van der Waals surface area contributed by atoms with Crippen LogP contribution in [0.5, 0.6) is 17.2 Å². The molecule has 4 aromatic carbocycles. The van der Waals surface area contributed by atoms with E-state index in [0.717, 1.165) is 17.5 Å². The van der Waals surface area contributed by atoms with Gasteiger partial charge in [0.15, 0.2) is 11.5 Å². The van der Waals surface area contributed by atoms with Crippen LogP contribution in [0.2, 0.25) is 0 Å². The zero-order valence-electron chi connectivity index (χ0n) is 30.0. The minimum Gasteiger partial charge on any atom is -0.493 e. The van der Waals surface area contributed by atoms with Gasteiger partial charge in [-0.3, -0.25) is 24.6 Å². The van der Waals surface area contributed by atoms with Crippen LogP contribution in [0, 0.1) is 6.92 Å². The minimum absolute atomic E-state index is 0.0247. The van der Waals surface area contributed by atoms with E-state index in [1.807, 2.05) is 89.8 Å². The first-order valence-corrected chi connectivity index (χ1v) is 18.0. The largest absolute Gasteiger partial charge is 0.493 e. The Morgan fingerprint density at radius 1 is 0.667 bits per heavy atom. The van der Waals surface area contributed by atoms with Crippen molar-refractivity contribution in [3.8, 4) is 17.2 Å². The van der Waals surface area contributed by atoms with E-state index in [0.29, 0.717) is 76.3 Å². The quantitative estimate of drug-likeness (QED) is 0.185. The first-order chi connectivity index (χ1) is 26.3. The average Bonchev–Trinajstić information content (AvgIpc) is 3.40. The number of nitrogens with two attached hydrogens (primary N) is 1. The number of nitrogen functional groups attached to an aromatic ring is 1. The van der Waals surface area contributed by atoms with Crippen molar-refractivity contribution < 1.29 is 23.8 Å². The van der Waals surface area contributed by atoms with Gasteiger partial charge in [0.1, 0.15) is 19.0 Å². The molecule has 54 heavy (non-hydrogen) atoms. The molecule has 2 atom stereocenters. The Morgan fingerprint density at radius 2 is 1.26 bits per heavy atom. The molecule has 0 unspecified atom stereocenters. The SMILES string of the molecule is COc1cc2c(cc1OCc1cccc(COc3cc4c(cc3C)C(=O)N3Cc5ccccc5C[C@H]3C=N4)n1)N=C[C@@H]1Cc3ccc(N)cc3CN1C2=O. The monoisotopic (exact) mass is 718 g/mol. The third-order valence-electron chi connectivity index (χ3n) is 10.6. The number of benzene rings is 4. The Morgan fingerprint density at radius 3 is 1.94 bits per heavy atom. The number of hydrogen-bond acceptors (Lipinski definition) is 9. The molecule has 0 bridgehead atoms. The number of methoxy groups -OCH3 is 1. The molecule has 0 radical (unpaired) electrons. The van der Waals surface area contributed by atoms with Gasteiger partial charge in [0.25, 0.3) is 11.8 Å². The zero-order valence-corrected chi connectivity index (χ0v) is 30.0. The van der Waals surface area contributed by atoms with Crippen molar-refractivity contribution in [2.24, 2.45) is 9.98 Å². The molecule has 0 aliphatic carbocycles. The van der Waals surface area contributed by atoms with Gasteiger partial charge in [0.2, 0.25) is 0 Å². The molecule has 11 nitrogen and oxygen atoms in total. The van der Waals surface area contributed by atoms with Crippen LogP contribution in [-0.4, -0.2) is 58.2 Å². The molecule has 2 N–H and O–H groups in total. The number of carbonyl (C=O) groups excluding carboxylic acids is 2. The Bertz CT molecular complexity index is 2410. The van der Waals surface area contributed by atoms with Crippen LogP contribution in [-0.2, 0) is 39.1 Å². The van der Waals surface area contributed by atoms with E-state index < -0.39 is 0 Å². The number of aryl methyl sites for hydroxylation is 1. The van der Waals surface area contributed by atoms with Crippen molar-refractivity contribution in [3.63, 3.8) is 0 Å². The van der Waals surface area contributed by atoms with Gasteiger partial charge in [-0.15, -0.1) is 0 Å². The first-order valence-electron chi connectivity index (χ1n) is 18.0. The number of anilines is 1. The van der Waals surface area contributed by atoms with Crippen LogP contribution < -0.4 is 19.9 Å². The van der Waals surface area contributed by atoms with Crippen LogP contribution >= 0.6 is 0 Å². The molecule has 9 rings (SSSR count). The van der Waals surface area contributed by atoms with E-state index in [-0.39, 0.29) is 37.1 Å². The van der Waals surface area contributed by atoms with Crippen LogP contribution in [0.25, 0.3) is 0 Å². The standard InChI is InChI=1S/C43H38N6O5/c1-25-12-35-37(45-19-33-14-26-6-3-4-7-28(26)21-48(33)42(35)50)17-39(25)53-23-31-8-5-9-32(47-31)24-54-41-18-38-36(16-40(41)52-2)43(51)49-22-29-13-30(44)11-10-27(29)15-34(49)20-46-38/h3-13,16-20,33-34H,14-15,21-24,44H2,1-2H3/t33-,34-/m0/s1. The fraction of sp³-hybridized carbons (Fsp3) is 0.233. The number of aromatic nitrogens is 1. The van der Waals surface area contributed by atoms with Crippen LogP contribution in [0.3, 0.4) is 0 Å². The van der Waals surface area contributed by atoms with Gasteiger partial charge in [-0.25, -0.2) is 0 Å². The number of nitrogens with zero attached hydrogens (tertiary/aromatic N) is 5. The summed E-state index contributed by atoms with van der Waals surface area (Å²) in [6, 6.07) is 26.7. The number of pyridine rings is 1. The van der Waals surface area contributed by atoms with E-state index >= 15 is 0 Å². The predicted molar refractivity (Wildman–Crippen MR) is 205 cm³/mol. The molecule has 1 aromatic heterocycles. The second-order valence-corrected chi connectivity index (χ2v) is 14.1. The molecule has 4 aliphatic heterocycles. The third-order valence-corrected chi connectivity index (χ3v) is 10.6. The van der Waals surface area contributed by atoms with Crippen molar-refractivity contribution in [2.45, 2.75) is 58.2 Å². The second kappa shape index (κ2) is 13.5. The summed E-state index contributed by atoms with van der Waals surface area (Å²) in [7, 11) is 1.55. The number of aliphatic imine (C=N–C) groups is 2. The van der Waals surface area contributed by atoms with E-state index in [9.17, 15) is 9.59 Å². The van der Waals surface area contributed by atoms with Crippen molar-refractivity contribution in [1.29, 1.82) is 0 Å². The Hall–Kier alpha value is -6.49. The number of fused-ring (bicyclic) bond motifs is 6. The summed E-state index contributed by atoms with van der Waals surface area (Å²) in [6.45, 7) is 3.32. The summed E-state index contributed by atoms with van der Waals surface area (Å²) in [6.07, 6.45) is 5.13. The summed E-state index contributed by atoms with van der Waals surface area (Å²) in [4.78, 5) is 45.5. The normalized spacial score (nSPS) is 18.0. The van der Waals surface area contributed by atoms with E-state index in [2.05, 4.69) is 12.1 Å². The highest BCUT2D eigenvalue weighted by Crippen LogP contribution is 2.39. The smallest absolute Gasteiger partial charge is 0.257 e. The summed E-state index contributed by atoms with van der Waals surface area (Å²) in [5, 5.41) is 0. The topological polar surface area (TPSA) is 132 Å². The van der Waals surface area contributed by atoms with Gasteiger partial charge in [0, 0.05) is 43.3 Å². The summed E-state index contributed by atoms with van der Waals surface area (Å²) < 4.78 is 18.2. The fourth-order valence-corrected chi connectivity index (χ4v) is 7.73. The van der Waals surface area contributed by atoms with Gasteiger partial charge in [-0.05, 0) is 84.0 Å². The molecule has 0 fully saturated rings. The van der Waals surface area contributed by atoms with Crippen LogP contribution in [0.4, 0.5) is 17.1 Å². The minimum atomic E-state index is -0.170. The maximum Gasteiger partial charge on any atom is 0.257 e. The molecular formula is C43H38N6O5. The lowest BCUT2D eigenvalue weighted by atomic mass is 9.93. The lowest BCUT2D eigenvalue weighted by Gasteiger charge is -2.34. The van der Waals surface area contributed by atoms with Gasteiger partial charge < -0.3 is 29.7 Å². The maximum absolute atomic E-state index is 13.8. The lowest BCUT2D eigenvalue weighted by molar-refractivity contribution is 0.0696. The number of ether oxygens (including phenoxy) is 3. The van der Waals surface area contributed by atoms with Crippen molar-refractivity contribution in [2.75, 3.05) is 12.8 Å². The van der Waals surface area contributed by atoms with Gasteiger partial charge >= 0.3 is 0 Å². The highest BCUT2D eigenvalue weighted by atomic mass is 16.5. The van der Waals surface area contributed by atoms with Crippen molar-refractivity contribution in [3.05, 3.63) is 135 Å². The van der Waals surface area contributed by atoms with Crippen molar-refractivity contribution in [1.82, 2.24) is 14.8 Å². The van der Waals surface area contributed by atoms with E-state index in [1.165, 1.54) is 16.7 Å². The average molecular weight is 719 g/mol. The summed E-state index contributed by atoms with van der Waals surface area (Å²) in [5.41, 5.74) is 15.7. The van der Waals surface area contributed by atoms with E-state index in [4.69, 9.17) is 34.9 Å². The fourth-order valence-electron chi connectivity index (χ4n) is 7.73. The summed E-state index contributed by atoms with van der Waals surface area (Å²) in [5.74, 6) is 1.38. The molecule has 2 amide bonds. The third kappa shape index (κ3) is 6.11. The molecular weight excluding hydrogens is 681 g/mol. The molecule has 5 aromatic rings. The van der Waals surface area contributed by atoms with Gasteiger partial charge in [-0.2, -0.15) is 0 Å². The Kier molecular flexibility index (Phi) is 8.33. The molecule has 4 aliphatic rings. The van der Waals surface area contributed by atoms with Crippen molar-refractivity contribution >= 4 is 41.3 Å². The van der Waals surface area contributed by atoms with Gasteiger partial charge in [-0.1, -0.05) is 36.4 Å². The van der Waals surface area contributed by atoms with E-state index in [1.54, 1.807) is 19.2 Å². The summed E-state index contributed by atoms with van der Waals surface area (Å²) >= 11 is 0. The molecule has 270 valence electrons. The highest BCUT2D eigenvalue weighted by molar-refractivity contribution is 6.04. The number of hydrogen-bond donors (Lipinski definition) is 1. The molecule has 0 saturated heterocycles. The highest BCUT2D eigenvalue weighted by Gasteiger charge is 2.34. The predicted octanol–water partition coefficient (Wildman–Crippen LogP) is 6.70. The molecule has 0 spiro atoms. The van der Waals surface area contributed by atoms with Gasteiger partial charge in [0.05, 0.1) is 53.1 Å². The first kappa shape index (κ1) is 33.4. The second-order valence-electron chi connectivity index (χ2n) is 14.1. The zero-order chi connectivity index (χ0) is 36.9. The number of carbonyl (C=O) groups is 2. The van der Waals surface area contributed by atoms with Crippen LogP contribution in [0.15, 0.2) is 94.9 Å². The number of amides is 2. The molecule has 0 saturated carbocycles. The van der Waals surface area contributed by atoms with Crippen LogP contribution in [0.1, 0.15) is 59.9 Å². The molecule has 5 heterocycles. The lowest BCUT2D eigenvalue weighted by Crippen LogP contribution is -2.44.